The molecule has 3 aromatic rings. The minimum atomic E-state index is -1.41. The summed E-state index contributed by atoms with van der Waals surface area (Å²) in [5.74, 6) is -1.20. The molecule has 1 aromatic carbocycles. The molecular formula is C18H16ClF2N3O3. The first-order valence-corrected chi connectivity index (χ1v) is 8.35. The monoisotopic (exact) mass is 395 g/mol. The van der Waals surface area contributed by atoms with Gasteiger partial charge in [0.2, 0.25) is 5.95 Å². The molecule has 27 heavy (non-hydrogen) atoms. The lowest BCUT2D eigenvalue weighted by Gasteiger charge is -2.23. The van der Waals surface area contributed by atoms with E-state index in [-0.39, 0.29) is 34.1 Å². The zero-order chi connectivity index (χ0) is 19.9. The van der Waals surface area contributed by atoms with Gasteiger partial charge in [0.1, 0.15) is 23.9 Å². The molecule has 0 amide bonds. The zero-order valence-electron chi connectivity index (χ0n) is 14.8. The summed E-state index contributed by atoms with van der Waals surface area (Å²) in [6.07, 6.45) is -1.41. The fraction of sp³-hybridized carbons (Fsp3) is 0.278. The number of rotatable bonds is 3. The molecule has 1 N–H and O–H groups in total. The van der Waals surface area contributed by atoms with Gasteiger partial charge < -0.3 is 9.84 Å². The van der Waals surface area contributed by atoms with Crippen LogP contribution in [0.4, 0.5) is 13.6 Å². The average molecular weight is 396 g/mol. The van der Waals surface area contributed by atoms with Crippen molar-refractivity contribution in [2.24, 2.45) is 0 Å². The van der Waals surface area contributed by atoms with Crippen LogP contribution in [0.25, 0.3) is 11.0 Å². The quantitative estimate of drug-likeness (QED) is 0.646. The van der Waals surface area contributed by atoms with Crippen LogP contribution in [0.15, 0.2) is 24.3 Å². The van der Waals surface area contributed by atoms with Crippen LogP contribution in [0.2, 0.25) is 5.02 Å². The van der Waals surface area contributed by atoms with Gasteiger partial charge in [0.25, 0.3) is 0 Å². The SMILES string of the molecule is CC(C)(C)c1cc(Cl)c(F)cc1OCc1nn(C(=O)O)c2nc(F)ccc12. The Morgan fingerprint density at radius 1 is 1.30 bits per heavy atom. The van der Waals surface area contributed by atoms with Crippen LogP contribution in [0.1, 0.15) is 32.0 Å². The maximum absolute atomic E-state index is 13.9. The van der Waals surface area contributed by atoms with E-state index in [0.29, 0.717) is 15.6 Å². The van der Waals surface area contributed by atoms with E-state index in [2.05, 4.69) is 10.1 Å². The second kappa shape index (κ2) is 6.77. The Kier molecular flexibility index (Phi) is 4.77. The van der Waals surface area contributed by atoms with Crippen molar-refractivity contribution < 1.29 is 23.4 Å². The summed E-state index contributed by atoms with van der Waals surface area (Å²) in [6, 6.07) is 5.15. The summed E-state index contributed by atoms with van der Waals surface area (Å²) in [7, 11) is 0. The normalized spacial score (nSPS) is 11.8. The number of ether oxygens (including phenoxy) is 1. The van der Waals surface area contributed by atoms with Gasteiger partial charge in [0.05, 0.1) is 5.02 Å². The van der Waals surface area contributed by atoms with Gasteiger partial charge in [-0.15, -0.1) is 4.68 Å². The lowest BCUT2D eigenvalue weighted by Crippen LogP contribution is -2.14. The smallest absolute Gasteiger partial charge is 0.434 e. The molecule has 3 rings (SSSR count). The van der Waals surface area contributed by atoms with Crippen molar-refractivity contribution in [3.05, 3.63) is 52.3 Å². The van der Waals surface area contributed by atoms with Gasteiger partial charge >= 0.3 is 6.09 Å². The molecule has 2 aromatic heterocycles. The third kappa shape index (κ3) is 3.71. The molecule has 0 atom stereocenters. The Morgan fingerprint density at radius 2 is 2.00 bits per heavy atom. The Bertz CT molecular complexity index is 1040. The van der Waals surface area contributed by atoms with Gasteiger partial charge in [-0.25, -0.2) is 9.18 Å². The van der Waals surface area contributed by atoms with E-state index in [9.17, 15) is 18.7 Å². The van der Waals surface area contributed by atoms with Crippen molar-refractivity contribution in [3.63, 3.8) is 0 Å². The Hall–Kier alpha value is -2.74. The van der Waals surface area contributed by atoms with E-state index in [4.69, 9.17) is 16.3 Å². The number of nitrogens with zero attached hydrogens (tertiary/aromatic N) is 3. The Morgan fingerprint density at radius 3 is 2.63 bits per heavy atom. The summed E-state index contributed by atoms with van der Waals surface area (Å²) < 4.78 is 33.6. The number of carboxylic acid groups (broad SMARTS) is 1. The molecule has 0 spiro atoms. The number of hydrogen-bond acceptors (Lipinski definition) is 4. The Labute approximate surface area is 158 Å². The van der Waals surface area contributed by atoms with E-state index >= 15 is 0 Å². The molecular weight excluding hydrogens is 380 g/mol. The predicted octanol–water partition coefficient (Wildman–Crippen LogP) is 4.77. The van der Waals surface area contributed by atoms with Crippen molar-refractivity contribution in [3.8, 4) is 5.75 Å². The van der Waals surface area contributed by atoms with Gasteiger partial charge in [-0.1, -0.05) is 32.4 Å². The second-order valence-corrected chi connectivity index (χ2v) is 7.35. The van der Waals surface area contributed by atoms with E-state index in [1.165, 1.54) is 18.2 Å². The van der Waals surface area contributed by atoms with E-state index < -0.39 is 17.9 Å². The highest BCUT2D eigenvalue weighted by Gasteiger charge is 2.23. The average Bonchev–Trinajstić information content (AvgIpc) is 2.92. The molecule has 2 heterocycles. The van der Waals surface area contributed by atoms with Crippen LogP contribution in [0, 0.1) is 11.8 Å². The lowest BCUT2D eigenvalue weighted by atomic mass is 9.86. The van der Waals surface area contributed by atoms with E-state index in [0.717, 1.165) is 6.07 Å². The molecule has 142 valence electrons. The number of aromatic nitrogens is 3. The number of fused-ring (bicyclic) bond motifs is 1. The summed E-state index contributed by atoms with van der Waals surface area (Å²) >= 11 is 5.88. The minimum Gasteiger partial charge on any atom is -0.487 e. The molecule has 0 aliphatic carbocycles. The van der Waals surface area contributed by atoms with Crippen LogP contribution in [0.5, 0.6) is 5.75 Å². The largest absolute Gasteiger partial charge is 0.487 e. The summed E-state index contributed by atoms with van der Waals surface area (Å²) in [6.45, 7) is 5.61. The third-order valence-corrected chi connectivity index (χ3v) is 4.24. The first-order chi connectivity index (χ1) is 12.6. The fourth-order valence-corrected chi connectivity index (χ4v) is 2.82. The summed E-state index contributed by atoms with van der Waals surface area (Å²) in [5, 5.41) is 13.4. The van der Waals surface area contributed by atoms with Crippen LogP contribution in [-0.4, -0.2) is 26.0 Å². The molecule has 0 fully saturated rings. The second-order valence-electron chi connectivity index (χ2n) is 6.95. The van der Waals surface area contributed by atoms with Crippen molar-refractivity contribution >= 4 is 28.7 Å². The van der Waals surface area contributed by atoms with Gasteiger partial charge in [-0.2, -0.15) is 14.5 Å². The van der Waals surface area contributed by atoms with Crippen molar-refractivity contribution in [1.82, 2.24) is 14.8 Å². The molecule has 0 saturated heterocycles. The number of benzene rings is 1. The van der Waals surface area contributed by atoms with Crippen LogP contribution in [0.3, 0.4) is 0 Å². The first-order valence-electron chi connectivity index (χ1n) is 7.97. The topological polar surface area (TPSA) is 77.2 Å². The molecule has 0 bridgehead atoms. The first kappa shape index (κ1) is 19.0. The molecule has 0 radical (unpaired) electrons. The third-order valence-electron chi connectivity index (χ3n) is 3.95. The predicted molar refractivity (Wildman–Crippen MR) is 95.4 cm³/mol. The van der Waals surface area contributed by atoms with Crippen LogP contribution < -0.4 is 4.74 Å². The zero-order valence-corrected chi connectivity index (χ0v) is 15.5. The standard InChI is InChI=1S/C18H16ClF2N3O3/c1-18(2,3)10-6-11(19)12(20)7-14(10)27-8-13-9-4-5-15(21)22-16(9)24(23-13)17(25)26/h4-7H,8H2,1-3H3,(H,25,26). The molecule has 0 aliphatic heterocycles. The number of pyridine rings is 1. The van der Waals surface area contributed by atoms with Gasteiger partial charge in [-0.05, 0) is 23.6 Å². The molecule has 0 unspecified atom stereocenters. The molecule has 9 heteroatoms. The fourth-order valence-electron chi connectivity index (χ4n) is 2.65. The van der Waals surface area contributed by atoms with Gasteiger partial charge in [0, 0.05) is 17.0 Å². The van der Waals surface area contributed by atoms with E-state index in [1.54, 1.807) is 0 Å². The number of carbonyl (C=O) groups is 1. The maximum atomic E-state index is 13.9. The highest BCUT2D eigenvalue weighted by molar-refractivity contribution is 6.30. The molecule has 6 nitrogen and oxygen atoms in total. The molecule has 0 saturated carbocycles. The van der Waals surface area contributed by atoms with Crippen molar-refractivity contribution in [1.29, 1.82) is 0 Å². The summed E-state index contributed by atoms with van der Waals surface area (Å²) in [4.78, 5) is 14.9. The summed E-state index contributed by atoms with van der Waals surface area (Å²) in [5.41, 5.74) is 0.398. The van der Waals surface area contributed by atoms with Gasteiger partial charge in [0.15, 0.2) is 5.65 Å². The Balaban J connectivity index is 2.01. The number of hydrogen-bond donors (Lipinski definition) is 1. The maximum Gasteiger partial charge on any atom is 0.434 e. The lowest BCUT2D eigenvalue weighted by molar-refractivity contribution is 0.193. The molecule has 0 aliphatic rings. The minimum absolute atomic E-state index is 0.0208. The van der Waals surface area contributed by atoms with Crippen LogP contribution >= 0.6 is 11.6 Å². The number of halogens is 3. The highest BCUT2D eigenvalue weighted by atomic mass is 35.5. The highest BCUT2D eigenvalue weighted by Crippen LogP contribution is 2.35. The van der Waals surface area contributed by atoms with Crippen molar-refractivity contribution in [2.45, 2.75) is 32.8 Å². The van der Waals surface area contributed by atoms with Crippen LogP contribution in [-0.2, 0) is 12.0 Å². The van der Waals surface area contributed by atoms with Gasteiger partial charge in [-0.3, -0.25) is 0 Å². The van der Waals surface area contributed by atoms with E-state index in [1.807, 2.05) is 20.8 Å². The van der Waals surface area contributed by atoms with Crippen molar-refractivity contribution in [2.75, 3.05) is 0 Å².